The quantitative estimate of drug-likeness (QED) is 0.783. The van der Waals surface area contributed by atoms with Crippen molar-refractivity contribution in [1.82, 2.24) is 10.2 Å². The summed E-state index contributed by atoms with van der Waals surface area (Å²) in [6.45, 7) is 2.41. The van der Waals surface area contributed by atoms with Gasteiger partial charge in [-0.05, 0) is 42.5 Å². The maximum Gasteiger partial charge on any atom is 0.227 e. The zero-order valence-corrected chi connectivity index (χ0v) is 17.8. The van der Waals surface area contributed by atoms with Gasteiger partial charge in [-0.3, -0.25) is 14.4 Å². The molecule has 2 aliphatic heterocycles. The van der Waals surface area contributed by atoms with Crippen molar-refractivity contribution < 1.29 is 14.4 Å². The number of rotatable bonds is 6. The molecule has 1 atom stereocenters. The van der Waals surface area contributed by atoms with Crippen molar-refractivity contribution in [2.24, 2.45) is 5.92 Å². The number of amides is 3. The molecule has 162 valence electrons. The van der Waals surface area contributed by atoms with E-state index in [-0.39, 0.29) is 23.6 Å². The number of benzene rings is 2. The number of likely N-dealkylation sites (tertiary alicyclic amines) is 1. The lowest BCUT2D eigenvalue weighted by atomic mass is 9.96. The summed E-state index contributed by atoms with van der Waals surface area (Å²) in [4.78, 5) is 40.9. The van der Waals surface area contributed by atoms with Crippen molar-refractivity contribution in [3.05, 3.63) is 65.7 Å². The summed E-state index contributed by atoms with van der Waals surface area (Å²) in [5.74, 6) is 0.0754. The maximum atomic E-state index is 12.7. The molecule has 6 heteroatoms. The smallest absolute Gasteiger partial charge is 0.227 e. The molecule has 0 radical (unpaired) electrons. The van der Waals surface area contributed by atoms with E-state index in [1.165, 1.54) is 0 Å². The van der Waals surface area contributed by atoms with Crippen molar-refractivity contribution in [2.75, 3.05) is 24.5 Å². The molecular weight excluding hydrogens is 390 g/mol. The fraction of sp³-hybridized carbons (Fsp3) is 0.400. The molecule has 0 bridgehead atoms. The number of carbonyl (C=O) groups excluding carboxylic acids is 3. The Hall–Kier alpha value is -3.15. The first kappa shape index (κ1) is 21.1. The molecule has 2 aromatic carbocycles. The van der Waals surface area contributed by atoms with Crippen molar-refractivity contribution in [2.45, 2.75) is 38.6 Å². The summed E-state index contributed by atoms with van der Waals surface area (Å²) in [6, 6.07) is 17.5. The minimum Gasteiger partial charge on any atom is -0.352 e. The second-order valence-corrected chi connectivity index (χ2v) is 8.37. The first-order valence-electron chi connectivity index (χ1n) is 11.1. The van der Waals surface area contributed by atoms with Gasteiger partial charge in [0.05, 0.1) is 12.3 Å². The third-order valence-corrected chi connectivity index (χ3v) is 6.13. The molecule has 2 aliphatic rings. The van der Waals surface area contributed by atoms with Crippen molar-refractivity contribution in [3.63, 3.8) is 0 Å². The maximum absolute atomic E-state index is 12.7. The predicted molar refractivity (Wildman–Crippen MR) is 119 cm³/mol. The van der Waals surface area contributed by atoms with Crippen LogP contribution < -0.4 is 10.2 Å². The van der Waals surface area contributed by atoms with Crippen LogP contribution in [-0.4, -0.2) is 42.3 Å². The van der Waals surface area contributed by atoms with Crippen LogP contribution in [0, 0.1) is 5.92 Å². The molecular formula is C25H29N3O3. The van der Waals surface area contributed by atoms with Gasteiger partial charge in [0.1, 0.15) is 0 Å². The number of nitrogens with zero attached hydrogens (tertiary/aromatic N) is 2. The Morgan fingerprint density at radius 3 is 2.42 bits per heavy atom. The Morgan fingerprint density at radius 1 is 0.935 bits per heavy atom. The monoisotopic (exact) mass is 419 g/mol. The lowest BCUT2D eigenvalue weighted by molar-refractivity contribution is -0.135. The highest BCUT2D eigenvalue weighted by molar-refractivity contribution is 5.95. The predicted octanol–water partition coefficient (Wildman–Crippen LogP) is 2.91. The SMILES string of the molecule is O=C(NCc1ccc(N2CCCC2=O)cc1)[C@@H]1CCCN(C(=O)Cc2ccccc2)C1. The van der Waals surface area contributed by atoms with Crippen LogP contribution in [0.15, 0.2) is 54.6 Å². The van der Waals surface area contributed by atoms with Crippen LogP contribution in [0.3, 0.4) is 0 Å². The van der Waals surface area contributed by atoms with Crippen molar-refractivity contribution >= 4 is 23.4 Å². The second kappa shape index (κ2) is 9.77. The summed E-state index contributed by atoms with van der Waals surface area (Å²) in [5.41, 5.74) is 2.91. The average molecular weight is 420 g/mol. The zero-order chi connectivity index (χ0) is 21.6. The lowest BCUT2D eigenvalue weighted by Crippen LogP contribution is -2.45. The van der Waals surface area contributed by atoms with E-state index in [4.69, 9.17) is 0 Å². The third kappa shape index (κ3) is 5.32. The van der Waals surface area contributed by atoms with Crippen LogP contribution in [0.1, 0.15) is 36.8 Å². The fourth-order valence-electron chi connectivity index (χ4n) is 4.35. The summed E-state index contributed by atoms with van der Waals surface area (Å²) < 4.78 is 0. The molecule has 4 rings (SSSR count). The molecule has 2 heterocycles. The second-order valence-electron chi connectivity index (χ2n) is 8.37. The Bertz CT molecular complexity index is 927. The van der Waals surface area contributed by atoms with Gasteiger partial charge in [0.2, 0.25) is 17.7 Å². The highest BCUT2D eigenvalue weighted by Crippen LogP contribution is 2.22. The van der Waals surface area contributed by atoms with Gasteiger partial charge in [-0.25, -0.2) is 0 Å². The number of hydrogen-bond donors (Lipinski definition) is 1. The molecule has 1 N–H and O–H groups in total. The van der Waals surface area contributed by atoms with Gasteiger partial charge in [-0.15, -0.1) is 0 Å². The van der Waals surface area contributed by atoms with Crippen LogP contribution in [-0.2, 0) is 27.3 Å². The molecule has 31 heavy (non-hydrogen) atoms. The minimum absolute atomic E-state index is 0.00370. The van der Waals surface area contributed by atoms with Crippen LogP contribution in [0.4, 0.5) is 5.69 Å². The van der Waals surface area contributed by atoms with E-state index in [9.17, 15) is 14.4 Å². The van der Waals surface area contributed by atoms with E-state index in [0.717, 1.165) is 42.6 Å². The topological polar surface area (TPSA) is 69.7 Å². The first-order valence-corrected chi connectivity index (χ1v) is 11.1. The molecule has 2 saturated heterocycles. The van der Waals surface area contributed by atoms with Gasteiger partial charge in [-0.2, -0.15) is 0 Å². The van der Waals surface area contributed by atoms with Gasteiger partial charge < -0.3 is 15.1 Å². The largest absolute Gasteiger partial charge is 0.352 e. The Morgan fingerprint density at radius 2 is 1.71 bits per heavy atom. The summed E-state index contributed by atoms with van der Waals surface area (Å²) >= 11 is 0. The molecule has 6 nitrogen and oxygen atoms in total. The van der Waals surface area contributed by atoms with E-state index in [2.05, 4.69) is 5.32 Å². The summed E-state index contributed by atoms with van der Waals surface area (Å²) in [6.07, 6.45) is 3.54. The zero-order valence-electron chi connectivity index (χ0n) is 17.8. The fourth-order valence-corrected chi connectivity index (χ4v) is 4.35. The molecule has 0 saturated carbocycles. The first-order chi connectivity index (χ1) is 15.1. The minimum atomic E-state index is -0.171. The van der Waals surface area contributed by atoms with E-state index < -0.39 is 0 Å². The number of hydrogen-bond acceptors (Lipinski definition) is 3. The molecule has 0 aliphatic carbocycles. The van der Waals surface area contributed by atoms with Crippen LogP contribution in [0.5, 0.6) is 0 Å². The summed E-state index contributed by atoms with van der Waals surface area (Å²) in [5, 5.41) is 3.02. The van der Waals surface area contributed by atoms with Gasteiger partial charge >= 0.3 is 0 Å². The van der Waals surface area contributed by atoms with Crippen LogP contribution in [0.2, 0.25) is 0 Å². The number of piperidine rings is 1. The molecule has 2 fully saturated rings. The van der Waals surface area contributed by atoms with Gasteiger partial charge in [0.15, 0.2) is 0 Å². The van der Waals surface area contributed by atoms with Gasteiger partial charge in [0.25, 0.3) is 0 Å². The van der Waals surface area contributed by atoms with E-state index in [0.29, 0.717) is 32.5 Å². The van der Waals surface area contributed by atoms with Crippen molar-refractivity contribution in [1.29, 1.82) is 0 Å². The van der Waals surface area contributed by atoms with E-state index in [1.807, 2.05) is 64.4 Å². The van der Waals surface area contributed by atoms with Gasteiger partial charge in [-0.1, -0.05) is 42.5 Å². The van der Waals surface area contributed by atoms with E-state index >= 15 is 0 Å². The molecule has 0 unspecified atom stereocenters. The van der Waals surface area contributed by atoms with E-state index in [1.54, 1.807) is 0 Å². The van der Waals surface area contributed by atoms with Crippen LogP contribution in [0.25, 0.3) is 0 Å². The highest BCUT2D eigenvalue weighted by atomic mass is 16.2. The van der Waals surface area contributed by atoms with Gasteiger partial charge in [0, 0.05) is 38.3 Å². The number of anilines is 1. The number of carbonyl (C=O) groups is 3. The lowest BCUT2D eigenvalue weighted by Gasteiger charge is -2.32. The Kier molecular flexibility index (Phi) is 6.65. The molecule has 0 aromatic heterocycles. The van der Waals surface area contributed by atoms with Crippen LogP contribution >= 0.6 is 0 Å². The highest BCUT2D eigenvalue weighted by Gasteiger charge is 2.28. The summed E-state index contributed by atoms with van der Waals surface area (Å²) in [7, 11) is 0. The molecule has 0 spiro atoms. The Labute approximate surface area is 183 Å². The Balaban J connectivity index is 1.27. The standard InChI is InChI=1S/C25H29N3O3/c29-23-9-5-15-28(23)22-12-10-20(11-13-22)17-26-25(31)21-8-4-14-27(18-21)24(30)16-19-6-2-1-3-7-19/h1-3,6-7,10-13,21H,4-5,8-9,14-18H2,(H,26,31)/t21-/m1/s1. The third-order valence-electron chi connectivity index (χ3n) is 6.13. The molecule has 2 aromatic rings. The number of nitrogens with one attached hydrogen (secondary N) is 1. The van der Waals surface area contributed by atoms with Crippen molar-refractivity contribution in [3.8, 4) is 0 Å². The normalized spacial score (nSPS) is 18.8. The molecule has 3 amide bonds. The average Bonchev–Trinajstić information content (AvgIpc) is 3.24.